The number of carbonyl (C=O) groups excluding carboxylic acids is 1. The van der Waals surface area contributed by atoms with Crippen molar-refractivity contribution in [2.75, 3.05) is 10.7 Å². The number of thioether (sulfide) groups is 1. The van der Waals surface area contributed by atoms with Crippen LogP contribution in [0.15, 0.2) is 77.3 Å². The van der Waals surface area contributed by atoms with Crippen molar-refractivity contribution in [2.24, 2.45) is 0 Å². The summed E-state index contributed by atoms with van der Waals surface area (Å²) in [6, 6.07) is 22.6. The monoisotopic (exact) mass is 446 g/mol. The molecule has 0 saturated carbocycles. The first kappa shape index (κ1) is 20.0. The van der Waals surface area contributed by atoms with E-state index in [1.165, 1.54) is 22.2 Å². The summed E-state index contributed by atoms with van der Waals surface area (Å²) in [7, 11) is 0. The van der Waals surface area contributed by atoms with Crippen LogP contribution in [-0.4, -0.2) is 32.5 Å². The second kappa shape index (κ2) is 8.69. The molecule has 5 nitrogen and oxygen atoms in total. The molecule has 0 radical (unpaired) electrons. The third-order valence-corrected chi connectivity index (χ3v) is 7.22. The van der Waals surface area contributed by atoms with Crippen LogP contribution in [0.25, 0.3) is 5.69 Å². The van der Waals surface area contributed by atoms with Crippen LogP contribution in [0.4, 0.5) is 5.69 Å². The molecule has 5 rings (SSSR count). The van der Waals surface area contributed by atoms with Crippen molar-refractivity contribution in [3.63, 3.8) is 0 Å². The predicted octanol–water partition coefficient (Wildman–Crippen LogP) is 4.99. The number of anilines is 1. The fourth-order valence-electron chi connectivity index (χ4n) is 4.06. The number of amides is 1. The summed E-state index contributed by atoms with van der Waals surface area (Å²) in [6.45, 7) is 2.11. The Hall–Kier alpha value is -2.90. The molecule has 7 heteroatoms. The highest BCUT2D eigenvalue weighted by Gasteiger charge is 2.30. The molecule has 3 heterocycles. The average Bonchev–Trinajstić information content (AvgIpc) is 3.51. The molecule has 0 spiro atoms. The van der Waals surface area contributed by atoms with E-state index in [1.807, 2.05) is 59.5 Å². The lowest BCUT2D eigenvalue weighted by atomic mass is 10.1. The molecule has 0 saturated heterocycles. The summed E-state index contributed by atoms with van der Waals surface area (Å²) in [5.41, 5.74) is 3.27. The second-order valence-electron chi connectivity index (χ2n) is 7.56. The molecule has 1 amide bonds. The van der Waals surface area contributed by atoms with E-state index < -0.39 is 0 Å². The van der Waals surface area contributed by atoms with Crippen molar-refractivity contribution < 1.29 is 4.79 Å². The van der Waals surface area contributed by atoms with Crippen LogP contribution in [0.1, 0.15) is 23.2 Å². The smallest absolute Gasteiger partial charge is 0.237 e. The number of nitrogens with zero attached hydrogens (tertiary/aromatic N) is 4. The van der Waals surface area contributed by atoms with Gasteiger partial charge in [-0.1, -0.05) is 54.2 Å². The molecule has 0 N–H and O–H groups in total. The van der Waals surface area contributed by atoms with E-state index in [1.54, 1.807) is 11.3 Å². The molecule has 0 fully saturated rings. The zero-order valence-electron chi connectivity index (χ0n) is 17.1. The van der Waals surface area contributed by atoms with Crippen LogP contribution < -0.4 is 4.90 Å². The Bertz CT molecular complexity index is 1190. The van der Waals surface area contributed by atoms with E-state index in [0.717, 1.165) is 28.8 Å². The summed E-state index contributed by atoms with van der Waals surface area (Å²) >= 11 is 3.16. The average molecular weight is 447 g/mol. The lowest BCUT2D eigenvalue weighted by molar-refractivity contribution is -0.116. The van der Waals surface area contributed by atoms with Gasteiger partial charge in [-0.05, 0) is 48.6 Å². The minimum atomic E-state index is 0.102. The Kier molecular flexibility index (Phi) is 5.61. The largest absolute Gasteiger partial charge is 0.308 e. The Morgan fingerprint density at radius 3 is 2.68 bits per heavy atom. The summed E-state index contributed by atoms with van der Waals surface area (Å²) in [5.74, 6) is 1.30. The number of hydrogen-bond acceptors (Lipinski definition) is 5. The SMILES string of the molecule is C[C@@H]1Cc2ccccc2N1C(=O)CSc1nnc(Cc2cccs2)n1-c1ccccc1. The molecule has 2 aromatic carbocycles. The highest BCUT2D eigenvalue weighted by molar-refractivity contribution is 7.99. The van der Waals surface area contributed by atoms with Crippen molar-refractivity contribution in [3.05, 3.63) is 88.4 Å². The third-order valence-electron chi connectivity index (χ3n) is 5.43. The normalized spacial score (nSPS) is 15.3. The maximum atomic E-state index is 13.2. The molecule has 0 aliphatic carbocycles. The van der Waals surface area contributed by atoms with Crippen molar-refractivity contribution in [3.8, 4) is 5.69 Å². The molecule has 0 unspecified atom stereocenters. The first-order valence-corrected chi connectivity index (χ1v) is 12.1. The lowest BCUT2D eigenvalue weighted by Gasteiger charge is -2.22. The van der Waals surface area contributed by atoms with Gasteiger partial charge in [-0.2, -0.15) is 0 Å². The minimum absolute atomic E-state index is 0.102. The maximum absolute atomic E-state index is 13.2. The molecule has 1 aliphatic heterocycles. The molecule has 0 bridgehead atoms. The Morgan fingerprint density at radius 2 is 1.87 bits per heavy atom. The van der Waals surface area contributed by atoms with E-state index in [2.05, 4.69) is 39.2 Å². The number of rotatable bonds is 6. The van der Waals surface area contributed by atoms with E-state index in [0.29, 0.717) is 12.2 Å². The van der Waals surface area contributed by atoms with Gasteiger partial charge in [0.15, 0.2) is 5.16 Å². The first-order valence-electron chi connectivity index (χ1n) is 10.3. The third kappa shape index (κ3) is 4.03. The van der Waals surface area contributed by atoms with Gasteiger partial charge in [-0.15, -0.1) is 21.5 Å². The molecule has 156 valence electrons. The molecule has 31 heavy (non-hydrogen) atoms. The van der Waals surface area contributed by atoms with Crippen molar-refractivity contribution >= 4 is 34.7 Å². The predicted molar refractivity (Wildman–Crippen MR) is 126 cm³/mol. The van der Waals surface area contributed by atoms with E-state index in [4.69, 9.17) is 0 Å². The minimum Gasteiger partial charge on any atom is -0.308 e. The molecule has 1 atom stereocenters. The summed E-state index contributed by atoms with van der Waals surface area (Å²) in [5, 5.41) is 11.7. The van der Waals surface area contributed by atoms with E-state index in [9.17, 15) is 4.79 Å². The van der Waals surface area contributed by atoms with Gasteiger partial charge in [0.1, 0.15) is 5.82 Å². The van der Waals surface area contributed by atoms with Crippen LogP contribution in [-0.2, 0) is 17.6 Å². The fourth-order valence-corrected chi connectivity index (χ4v) is 5.59. The highest BCUT2D eigenvalue weighted by atomic mass is 32.2. The molecular formula is C24H22N4OS2. The maximum Gasteiger partial charge on any atom is 0.237 e. The van der Waals surface area contributed by atoms with Crippen molar-refractivity contribution in [1.29, 1.82) is 0 Å². The topological polar surface area (TPSA) is 51.0 Å². The Morgan fingerprint density at radius 1 is 1.06 bits per heavy atom. The van der Waals surface area contributed by atoms with Crippen LogP contribution >= 0.6 is 23.1 Å². The van der Waals surface area contributed by atoms with Crippen molar-refractivity contribution in [2.45, 2.75) is 31.0 Å². The molecule has 4 aromatic rings. The standard InChI is InChI=1S/C24H22N4OS2/c1-17-14-18-8-5-6-12-21(18)27(17)23(29)16-31-24-26-25-22(15-20-11-7-13-30-20)28(24)19-9-3-2-4-10-19/h2-13,17H,14-16H2,1H3/t17-/m1/s1. The lowest BCUT2D eigenvalue weighted by Crippen LogP contribution is -2.37. The van der Waals surface area contributed by atoms with E-state index >= 15 is 0 Å². The van der Waals surface area contributed by atoms with Crippen LogP contribution in [0.2, 0.25) is 0 Å². The van der Waals surface area contributed by atoms with Gasteiger partial charge < -0.3 is 4.90 Å². The summed E-state index contributed by atoms with van der Waals surface area (Å²) in [6.07, 6.45) is 1.61. The number of fused-ring (bicyclic) bond motifs is 1. The van der Waals surface area contributed by atoms with Crippen LogP contribution in [0.5, 0.6) is 0 Å². The second-order valence-corrected chi connectivity index (χ2v) is 9.53. The Balaban J connectivity index is 1.39. The first-order chi connectivity index (χ1) is 15.2. The summed E-state index contributed by atoms with van der Waals surface area (Å²) < 4.78 is 2.07. The van der Waals surface area contributed by atoms with Crippen LogP contribution in [0.3, 0.4) is 0 Å². The van der Waals surface area contributed by atoms with Gasteiger partial charge in [0, 0.05) is 28.7 Å². The van der Waals surface area contributed by atoms with Gasteiger partial charge in [0.2, 0.25) is 5.91 Å². The number of aromatic nitrogens is 3. The van der Waals surface area contributed by atoms with Gasteiger partial charge >= 0.3 is 0 Å². The van der Waals surface area contributed by atoms with Gasteiger partial charge in [-0.25, -0.2) is 0 Å². The van der Waals surface area contributed by atoms with Gasteiger partial charge in [0.05, 0.1) is 5.75 Å². The number of benzene rings is 2. The molecular weight excluding hydrogens is 424 g/mol. The highest BCUT2D eigenvalue weighted by Crippen LogP contribution is 2.33. The zero-order valence-corrected chi connectivity index (χ0v) is 18.8. The number of para-hydroxylation sites is 2. The Labute approximate surface area is 189 Å². The van der Waals surface area contributed by atoms with Crippen LogP contribution in [0, 0.1) is 0 Å². The fraction of sp³-hybridized carbons (Fsp3) is 0.208. The molecule has 1 aliphatic rings. The molecule has 2 aromatic heterocycles. The number of hydrogen-bond donors (Lipinski definition) is 0. The zero-order chi connectivity index (χ0) is 21.2. The van der Waals surface area contributed by atoms with Gasteiger partial charge in [0.25, 0.3) is 0 Å². The quantitative estimate of drug-likeness (QED) is 0.392. The van der Waals surface area contributed by atoms with Gasteiger partial charge in [-0.3, -0.25) is 9.36 Å². The number of thiophene rings is 1. The van der Waals surface area contributed by atoms with Crippen molar-refractivity contribution in [1.82, 2.24) is 14.8 Å². The number of carbonyl (C=O) groups is 1. The summed E-state index contributed by atoms with van der Waals surface area (Å²) in [4.78, 5) is 16.3. The van der Waals surface area contributed by atoms with E-state index in [-0.39, 0.29) is 11.9 Å².